The highest BCUT2D eigenvalue weighted by molar-refractivity contribution is 7.15. The lowest BCUT2D eigenvalue weighted by Crippen LogP contribution is -2.07. The van der Waals surface area contributed by atoms with Crippen molar-refractivity contribution in [2.24, 2.45) is 0 Å². The van der Waals surface area contributed by atoms with E-state index in [-0.39, 0.29) is 5.97 Å². The summed E-state index contributed by atoms with van der Waals surface area (Å²) >= 11 is 1.44. The molecule has 0 unspecified atom stereocenters. The molecule has 5 nitrogen and oxygen atoms in total. The smallest absolute Gasteiger partial charge is 0.358 e. The number of ether oxygens (including phenoxy) is 1. The monoisotopic (exact) mass is 266 g/mol. The summed E-state index contributed by atoms with van der Waals surface area (Å²) in [6.07, 6.45) is 3.29. The van der Waals surface area contributed by atoms with Crippen molar-refractivity contribution in [1.29, 1.82) is 0 Å². The van der Waals surface area contributed by atoms with Gasteiger partial charge in [-0.15, -0.1) is 11.3 Å². The minimum atomic E-state index is -0.373. The van der Waals surface area contributed by atoms with E-state index in [1.165, 1.54) is 11.3 Å². The molecule has 0 aliphatic rings. The normalized spacial score (nSPS) is 10.3. The molecule has 1 N–H and O–H groups in total. The van der Waals surface area contributed by atoms with Crippen LogP contribution >= 0.6 is 11.3 Å². The maximum absolute atomic E-state index is 11.6. The lowest BCUT2D eigenvalue weighted by atomic mass is 10.3. The summed E-state index contributed by atoms with van der Waals surface area (Å²) in [6.45, 7) is 4.60. The van der Waals surface area contributed by atoms with Crippen LogP contribution in [0.25, 0.3) is 0 Å². The van der Waals surface area contributed by atoms with E-state index in [0.717, 1.165) is 10.4 Å². The quantitative estimate of drug-likeness (QED) is 0.843. The second-order valence-corrected chi connectivity index (χ2v) is 4.83. The molecule has 0 amide bonds. The number of aryl methyl sites for hydroxylation is 1. The van der Waals surface area contributed by atoms with Gasteiger partial charge in [-0.2, -0.15) is 0 Å². The van der Waals surface area contributed by atoms with Crippen LogP contribution in [0, 0.1) is 6.92 Å². The van der Waals surface area contributed by atoms with Crippen molar-refractivity contribution >= 4 is 22.4 Å². The van der Waals surface area contributed by atoms with Crippen LogP contribution in [-0.2, 0) is 11.3 Å². The van der Waals surface area contributed by atoms with Gasteiger partial charge in [-0.05, 0) is 19.9 Å². The summed E-state index contributed by atoms with van der Waals surface area (Å²) in [5.41, 5.74) is 1.41. The van der Waals surface area contributed by atoms with Gasteiger partial charge in [0.25, 0.3) is 0 Å². The molecule has 0 aromatic carbocycles. The van der Waals surface area contributed by atoms with E-state index >= 15 is 0 Å². The Balaban J connectivity index is 2.02. The Morgan fingerprint density at radius 3 is 3.11 bits per heavy atom. The molecule has 0 radical (unpaired) electrons. The van der Waals surface area contributed by atoms with Crippen LogP contribution in [0.15, 0.2) is 23.0 Å². The molecular formula is C12H14N2O3S. The summed E-state index contributed by atoms with van der Waals surface area (Å²) in [5, 5.41) is 3.85. The van der Waals surface area contributed by atoms with Crippen molar-refractivity contribution in [1.82, 2.24) is 4.98 Å². The predicted molar refractivity (Wildman–Crippen MR) is 68.8 cm³/mol. The van der Waals surface area contributed by atoms with Gasteiger partial charge in [-0.3, -0.25) is 0 Å². The Bertz CT molecular complexity index is 519. The standard InChI is InChI=1S/C12H14N2O3S/c1-3-17-11(15)10-8(2)18-12(14-10)13-6-9-4-5-16-7-9/h4-5,7H,3,6H2,1-2H3,(H,13,14). The first kappa shape index (κ1) is 12.6. The average Bonchev–Trinajstić information content (AvgIpc) is 2.96. The van der Waals surface area contributed by atoms with E-state index in [9.17, 15) is 4.79 Å². The Kier molecular flexibility index (Phi) is 3.99. The number of esters is 1. The third-order valence-corrected chi connectivity index (χ3v) is 3.22. The molecule has 0 spiro atoms. The van der Waals surface area contributed by atoms with Crippen LogP contribution in [0.5, 0.6) is 0 Å². The second kappa shape index (κ2) is 5.68. The zero-order valence-corrected chi connectivity index (χ0v) is 11.0. The van der Waals surface area contributed by atoms with Crippen LogP contribution in [0.2, 0.25) is 0 Å². The number of nitrogens with one attached hydrogen (secondary N) is 1. The summed E-state index contributed by atoms with van der Waals surface area (Å²) in [7, 11) is 0. The fraction of sp³-hybridized carbons (Fsp3) is 0.333. The first-order valence-electron chi connectivity index (χ1n) is 5.60. The van der Waals surface area contributed by atoms with E-state index in [1.54, 1.807) is 19.5 Å². The first-order valence-corrected chi connectivity index (χ1v) is 6.42. The van der Waals surface area contributed by atoms with Gasteiger partial charge in [0.05, 0.1) is 19.1 Å². The van der Waals surface area contributed by atoms with E-state index < -0.39 is 0 Å². The largest absolute Gasteiger partial charge is 0.472 e. The predicted octanol–water partition coefficient (Wildman–Crippen LogP) is 2.83. The zero-order valence-electron chi connectivity index (χ0n) is 10.2. The SMILES string of the molecule is CCOC(=O)c1nc(NCc2ccoc2)sc1C. The van der Waals surface area contributed by atoms with Crippen molar-refractivity contribution in [3.8, 4) is 0 Å². The fourth-order valence-electron chi connectivity index (χ4n) is 1.43. The second-order valence-electron chi connectivity index (χ2n) is 3.63. The van der Waals surface area contributed by atoms with E-state index in [0.29, 0.717) is 24.0 Å². The molecule has 2 rings (SSSR count). The number of nitrogens with zero attached hydrogens (tertiary/aromatic N) is 1. The van der Waals surface area contributed by atoms with Crippen molar-refractivity contribution in [3.63, 3.8) is 0 Å². The summed E-state index contributed by atoms with van der Waals surface area (Å²) < 4.78 is 9.91. The maximum atomic E-state index is 11.6. The van der Waals surface area contributed by atoms with Crippen molar-refractivity contribution in [3.05, 3.63) is 34.7 Å². The van der Waals surface area contributed by atoms with Crippen molar-refractivity contribution in [2.75, 3.05) is 11.9 Å². The molecule has 0 aliphatic heterocycles. The molecule has 0 atom stereocenters. The number of anilines is 1. The average molecular weight is 266 g/mol. The topological polar surface area (TPSA) is 64.4 Å². The van der Waals surface area contributed by atoms with Crippen LogP contribution in [0.1, 0.15) is 27.9 Å². The number of furan rings is 1. The lowest BCUT2D eigenvalue weighted by molar-refractivity contribution is 0.0519. The van der Waals surface area contributed by atoms with Crippen molar-refractivity contribution < 1.29 is 13.9 Å². The van der Waals surface area contributed by atoms with Gasteiger partial charge in [0.15, 0.2) is 10.8 Å². The third-order valence-electron chi connectivity index (χ3n) is 2.29. The number of carbonyl (C=O) groups is 1. The Labute approximate surface area is 109 Å². The van der Waals surface area contributed by atoms with Crippen LogP contribution in [0.3, 0.4) is 0 Å². The highest BCUT2D eigenvalue weighted by Crippen LogP contribution is 2.23. The lowest BCUT2D eigenvalue weighted by Gasteiger charge is -1.99. The van der Waals surface area contributed by atoms with Gasteiger partial charge in [0, 0.05) is 17.0 Å². The Morgan fingerprint density at radius 1 is 1.61 bits per heavy atom. The molecular weight excluding hydrogens is 252 g/mol. The zero-order chi connectivity index (χ0) is 13.0. The van der Waals surface area contributed by atoms with Crippen LogP contribution < -0.4 is 5.32 Å². The number of aromatic nitrogens is 1. The van der Waals surface area contributed by atoms with Crippen LogP contribution in [-0.4, -0.2) is 17.6 Å². The molecule has 0 saturated carbocycles. The first-order chi connectivity index (χ1) is 8.70. The van der Waals surface area contributed by atoms with Crippen molar-refractivity contribution in [2.45, 2.75) is 20.4 Å². The summed E-state index contributed by atoms with van der Waals surface area (Å²) in [4.78, 5) is 16.7. The molecule has 0 bridgehead atoms. The molecule has 96 valence electrons. The van der Waals surface area contributed by atoms with E-state index in [2.05, 4.69) is 10.3 Å². The Morgan fingerprint density at radius 2 is 2.44 bits per heavy atom. The molecule has 0 aliphatic carbocycles. The summed E-state index contributed by atoms with van der Waals surface area (Å²) in [6, 6.07) is 1.87. The van der Waals surface area contributed by atoms with E-state index in [4.69, 9.17) is 9.15 Å². The highest BCUT2D eigenvalue weighted by Gasteiger charge is 2.16. The molecule has 0 fully saturated rings. The fourth-order valence-corrected chi connectivity index (χ4v) is 2.23. The van der Waals surface area contributed by atoms with Gasteiger partial charge >= 0.3 is 5.97 Å². The van der Waals surface area contributed by atoms with Gasteiger partial charge in [-0.25, -0.2) is 9.78 Å². The number of hydrogen-bond donors (Lipinski definition) is 1. The van der Waals surface area contributed by atoms with E-state index in [1.807, 2.05) is 13.0 Å². The third kappa shape index (κ3) is 2.89. The molecule has 2 aromatic rings. The van der Waals surface area contributed by atoms with Gasteiger partial charge in [0.1, 0.15) is 0 Å². The number of thiazole rings is 1. The van der Waals surface area contributed by atoms with Crippen LogP contribution in [0.4, 0.5) is 5.13 Å². The minimum Gasteiger partial charge on any atom is -0.472 e. The maximum Gasteiger partial charge on any atom is 0.358 e. The number of carbonyl (C=O) groups excluding carboxylic acids is 1. The number of hydrogen-bond acceptors (Lipinski definition) is 6. The van der Waals surface area contributed by atoms with Gasteiger partial charge in [-0.1, -0.05) is 0 Å². The molecule has 2 heterocycles. The Hall–Kier alpha value is -1.82. The molecule has 6 heteroatoms. The van der Waals surface area contributed by atoms with Gasteiger partial charge < -0.3 is 14.5 Å². The molecule has 0 saturated heterocycles. The summed E-state index contributed by atoms with van der Waals surface area (Å²) in [5.74, 6) is -0.373. The molecule has 2 aromatic heterocycles. The molecule has 18 heavy (non-hydrogen) atoms. The van der Waals surface area contributed by atoms with Gasteiger partial charge in [0.2, 0.25) is 0 Å². The minimum absolute atomic E-state index is 0.355. The highest BCUT2D eigenvalue weighted by atomic mass is 32.1. The number of rotatable bonds is 5.